The molecule has 3 nitrogen and oxygen atoms in total. The van der Waals surface area contributed by atoms with Crippen molar-refractivity contribution in [2.24, 2.45) is 0 Å². The van der Waals surface area contributed by atoms with E-state index in [1.165, 1.54) is 18.9 Å². The first-order chi connectivity index (χ1) is 7.70. The van der Waals surface area contributed by atoms with Crippen molar-refractivity contribution >= 4 is 17.7 Å². The van der Waals surface area contributed by atoms with Crippen LogP contribution in [-0.4, -0.2) is 23.9 Å². The zero-order valence-corrected chi connectivity index (χ0v) is 10.3. The number of benzene rings is 1. The van der Waals surface area contributed by atoms with E-state index in [2.05, 4.69) is 4.74 Å². The summed E-state index contributed by atoms with van der Waals surface area (Å²) in [7, 11) is 1.34. The molecule has 0 saturated carbocycles. The molecule has 1 rings (SSSR count). The van der Waals surface area contributed by atoms with Gasteiger partial charge in [0.15, 0.2) is 0 Å². The van der Waals surface area contributed by atoms with E-state index in [1.807, 2.05) is 6.92 Å². The molecular weight excluding hydrogens is 224 g/mol. The van der Waals surface area contributed by atoms with Gasteiger partial charge < -0.3 is 9.84 Å². The van der Waals surface area contributed by atoms with Crippen molar-refractivity contribution in [3.8, 4) is 0 Å². The lowest BCUT2D eigenvalue weighted by Gasteiger charge is -2.13. The van der Waals surface area contributed by atoms with Gasteiger partial charge in [-0.3, -0.25) is 0 Å². The molecule has 0 fully saturated rings. The highest BCUT2D eigenvalue weighted by molar-refractivity contribution is 7.99. The first kappa shape index (κ1) is 13.1. The van der Waals surface area contributed by atoms with Crippen molar-refractivity contribution in [2.45, 2.75) is 18.8 Å². The number of ether oxygens (including phenoxy) is 1. The zero-order chi connectivity index (χ0) is 12.0. The summed E-state index contributed by atoms with van der Waals surface area (Å²) in [6.45, 7) is 2.05. The average molecular weight is 240 g/mol. The minimum Gasteiger partial charge on any atom is -0.465 e. The molecule has 1 N–H and O–H groups in total. The molecule has 0 bridgehead atoms. The van der Waals surface area contributed by atoms with Gasteiger partial charge in [0.1, 0.15) is 5.44 Å². The van der Waals surface area contributed by atoms with E-state index in [4.69, 9.17) is 0 Å². The van der Waals surface area contributed by atoms with E-state index >= 15 is 0 Å². The molecule has 1 unspecified atom stereocenters. The van der Waals surface area contributed by atoms with E-state index in [1.54, 1.807) is 24.3 Å². The van der Waals surface area contributed by atoms with Crippen LogP contribution in [0.1, 0.15) is 34.7 Å². The Hall–Kier alpha value is -1.00. The summed E-state index contributed by atoms with van der Waals surface area (Å²) in [5.74, 6) is 0.447. The van der Waals surface area contributed by atoms with Crippen LogP contribution in [0, 0.1) is 0 Å². The van der Waals surface area contributed by atoms with Gasteiger partial charge in [0.2, 0.25) is 0 Å². The molecule has 0 aliphatic heterocycles. The van der Waals surface area contributed by atoms with E-state index in [0.29, 0.717) is 11.1 Å². The SMILES string of the molecule is CCCSC(O)c1ccccc1C(=O)OC. The molecule has 0 aliphatic rings. The lowest BCUT2D eigenvalue weighted by Crippen LogP contribution is -2.07. The monoisotopic (exact) mass is 240 g/mol. The number of rotatable bonds is 5. The molecule has 0 amide bonds. The summed E-state index contributed by atoms with van der Waals surface area (Å²) in [5.41, 5.74) is 0.379. The summed E-state index contributed by atoms with van der Waals surface area (Å²) >= 11 is 1.42. The number of hydrogen-bond acceptors (Lipinski definition) is 4. The highest BCUT2D eigenvalue weighted by atomic mass is 32.2. The van der Waals surface area contributed by atoms with Crippen LogP contribution < -0.4 is 0 Å². The normalized spacial score (nSPS) is 12.2. The topological polar surface area (TPSA) is 46.5 Å². The van der Waals surface area contributed by atoms with Gasteiger partial charge in [-0.2, -0.15) is 0 Å². The van der Waals surface area contributed by atoms with E-state index in [0.717, 1.165) is 12.2 Å². The molecule has 0 aromatic heterocycles. The van der Waals surface area contributed by atoms with Crippen molar-refractivity contribution in [3.05, 3.63) is 35.4 Å². The second-order valence-electron chi connectivity index (χ2n) is 3.30. The zero-order valence-electron chi connectivity index (χ0n) is 9.47. The molecule has 0 spiro atoms. The molecule has 4 heteroatoms. The Morgan fingerprint density at radius 2 is 2.19 bits per heavy atom. The van der Waals surface area contributed by atoms with Gasteiger partial charge >= 0.3 is 5.97 Å². The van der Waals surface area contributed by atoms with E-state index in [9.17, 15) is 9.90 Å². The second-order valence-corrected chi connectivity index (χ2v) is 4.49. The summed E-state index contributed by atoms with van der Waals surface area (Å²) < 4.78 is 4.67. The number of aliphatic hydroxyl groups excluding tert-OH is 1. The Morgan fingerprint density at radius 1 is 1.50 bits per heavy atom. The maximum absolute atomic E-state index is 11.5. The maximum Gasteiger partial charge on any atom is 0.338 e. The largest absolute Gasteiger partial charge is 0.465 e. The third-order valence-corrected chi connectivity index (χ3v) is 3.33. The van der Waals surface area contributed by atoms with Crippen molar-refractivity contribution in [1.29, 1.82) is 0 Å². The Bertz CT molecular complexity index is 352. The Morgan fingerprint density at radius 3 is 2.81 bits per heavy atom. The molecule has 88 valence electrons. The van der Waals surface area contributed by atoms with Crippen molar-refractivity contribution in [1.82, 2.24) is 0 Å². The predicted molar refractivity (Wildman–Crippen MR) is 65.5 cm³/mol. The quantitative estimate of drug-likeness (QED) is 0.635. The smallest absolute Gasteiger partial charge is 0.338 e. The van der Waals surface area contributed by atoms with Crippen LogP contribution >= 0.6 is 11.8 Å². The van der Waals surface area contributed by atoms with E-state index < -0.39 is 11.4 Å². The lowest BCUT2D eigenvalue weighted by atomic mass is 10.1. The van der Waals surface area contributed by atoms with Crippen molar-refractivity contribution in [3.63, 3.8) is 0 Å². The summed E-state index contributed by atoms with van der Waals surface area (Å²) in [4.78, 5) is 11.5. The molecule has 16 heavy (non-hydrogen) atoms. The Kier molecular flexibility index (Phi) is 5.35. The molecule has 1 aromatic carbocycles. The summed E-state index contributed by atoms with van der Waals surface area (Å²) in [6, 6.07) is 6.97. The van der Waals surface area contributed by atoms with Crippen LogP contribution in [0.25, 0.3) is 0 Å². The fourth-order valence-corrected chi connectivity index (χ4v) is 2.17. The number of thioether (sulfide) groups is 1. The van der Waals surface area contributed by atoms with E-state index in [-0.39, 0.29) is 0 Å². The number of methoxy groups -OCH3 is 1. The van der Waals surface area contributed by atoms with Gasteiger partial charge in [0.25, 0.3) is 0 Å². The summed E-state index contributed by atoms with van der Waals surface area (Å²) in [6.07, 6.45) is 0.988. The van der Waals surface area contributed by atoms with Crippen LogP contribution in [0.4, 0.5) is 0 Å². The fourth-order valence-electron chi connectivity index (χ4n) is 1.33. The van der Waals surface area contributed by atoms with Gasteiger partial charge in [-0.25, -0.2) is 4.79 Å². The molecule has 1 aromatic rings. The molecule has 0 saturated heterocycles. The number of carbonyl (C=O) groups is 1. The molecule has 1 atom stereocenters. The van der Waals surface area contributed by atoms with Gasteiger partial charge in [0, 0.05) is 5.56 Å². The van der Waals surface area contributed by atoms with Crippen LogP contribution in [0.15, 0.2) is 24.3 Å². The van der Waals surface area contributed by atoms with Gasteiger partial charge in [0.05, 0.1) is 12.7 Å². The van der Waals surface area contributed by atoms with Crippen LogP contribution in [0.3, 0.4) is 0 Å². The average Bonchev–Trinajstić information content (AvgIpc) is 2.35. The lowest BCUT2D eigenvalue weighted by molar-refractivity contribution is 0.0597. The molecule has 0 aliphatic carbocycles. The van der Waals surface area contributed by atoms with Gasteiger partial charge in [-0.1, -0.05) is 25.1 Å². The van der Waals surface area contributed by atoms with Gasteiger partial charge in [-0.05, 0) is 18.2 Å². The number of aliphatic hydroxyl groups is 1. The molecule has 0 heterocycles. The minimum atomic E-state index is -0.671. The highest BCUT2D eigenvalue weighted by Gasteiger charge is 2.17. The first-order valence-corrected chi connectivity index (χ1v) is 6.22. The first-order valence-electron chi connectivity index (χ1n) is 5.17. The third-order valence-electron chi connectivity index (χ3n) is 2.11. The molecular formula is C12H16O3S. The summed E-state index contributed by atoms with van der Waals surface area (Å²) in [5, 5.41) is 9.93. The molecule has 0 radical (unpaired) electrons. The number of hydrogen-bond donors (Lipinski definition) is 1. The predicted octanol–water partition coefficient (Wildman–Crippen LogP) is 2.61. The van der Waals surface area contributed by atoms with Crippen LogP contribution in [0.5, 0.6) is 0 Å². The van der Waals surface area contributed by atoms with Crippen LogP contribution in [-0.2, 0) is 4.74 Å². The third kappa shape index (κ3) is 3.25. The second kappa shape index (κ2) is 6.55. The standard InChI is InChI=1S/C12H16O3S/c1-3-8-16-12(14)10-7-5-4-6-9(10)11(13)15-2/h4-7,12,14H,3,8H2,1-2H3. The Labute approximate surface area is 99.8 Å². The Balaban J connectivity index is 2.89. The van der Waals surface area contributed by atoms with Crippen LogP contribution in [0.2, 0.25) is 0 Å². The highest BCUT2D eigenvalue weighted by Crippen LogP contribution is 2.29. The van der Waals surface area contributed by atoms with Gasteiger partial charge in [-0.15, -0.1) is 11.8 Å². The maximum atomic E-state index is 11.5. The number of carbonyl (C=O) groups excluding carboxylic acids is 1. The number of esters is 1. The van der Waals surface area contributed by atoms with Crippen molar-refractivity contribution < 1.29 is 14.6 Å². The minimum absolute atomic E-state index is 0.410. The van der Waals surface area contributed by atoms with Crippen molar-refractivity contribution in [2.75, 3.05) is 12.9 Å². The fraction of sp³-hybridized carbons (Fsp3) is 0.417.